The van der Waals surface area contributed by atoms with Gasteiger partial charge in [0.2, 0.25) is 0 Å². The lowest BCUT2D eigenvalue weighted by Crippen LogP contribution is -2.48. The van der Waals surface area contributed by atoms with Gasteiger partial charge in [-0.15, -0.1) is 0 Å². The summed E-state index contributed by atoms with van der Waals surface area (Å²) < 4.78 is 42.4. The fourth-order valence-electron chi connectivity index (χ4n) is 1.94. The summed E-state index contributed by atoms with van der Waals surface area (Å²) in [5, 5.41) is 0. The molecule has 0 aromatic heterocycles. The molecule has 1 aliphatic rings. The van der Waals surface area contributed by atoms with Crippen molar-refractivity contribution in [3.8, 4) is 0 Å². The van der Waals surface area contributed by atoms with Gasteiger partial charge >= 0.3 is 6.18 Å². The predicted molar refractivity (Wildman–Crippen MR) is 58.8 cm³/mol. The van der Waals surface area contributed by atoms with Gasteiger partial charge in [0.1, 0.15) is 0 Å². The number of ether oxygens (including phenoxy) is 1. The van der Waals surface area contributed by atoms with E-state index in [1.807, 2.05) is 7.05 Å². The number of nitrogens with zero attached hydrogens (tertiary/aromatic N) is 2. The largest absolute Gasteiger partial charge is 0.401 e. The van der Waals surface area contributed by atoms with E-state index in [9.17, 15) is 13.2 Å². The molecule has 4 nitrogen and oxygen atoms in total. The van der Waals surface area contributed by atoms with Crippen LogP contribution in [0, 0.1) is 0 Å². The highest BCUT2D eigenvalue weighted by Crippen LogP contribution is 2.17. The van der Waals surface area contributed by atoms with E-state index in [0.717, 1.165) is 6.54 Å². The van der Waals surface area contributed by atoms with Gasteiger partial charge in [-0.25, -0.2) is 0 Å². The van der Waals surface area contributed by atoms with Crippen LogP contribution in [0.1, 0.15) is 0 Å². The Hall–Kier alpha value is -0.370. The molecule has 0 aromatic rings. The third-order valence-corrected chi connectivity index (χ3v) is 2.65. The van der Waals surface area contributed by atoms with Crippen molar-refractivity contribution in [1.82, 2.24) is 9.80 Å². The van der Waals surface area contributed by atoms with Crippen molar-refractivity contribution in [2.24, 2.45) is 5.73 Å². The van der Waals surface area contributed by atoms with Crippen molar-refractivity contribution >= 4 is 0 Å². The van der Waals surface area contributed by atoms with Crippen molar-refractivity contribution in [2.45, 2.75) is 12.3 Å². The molecule has 0 spiro atoms. The molecule has 0 aromatic carbocycles. The third-order valence-electron chi connectivity index (χ3n) is 2.65. The zero-order valence-electron chi connectivity index (χ0n) is 10.0. The molecule has 0 saturated carbocycles. The Kier molecular flexibility index (Phi) is 5.64. The standard InChI is InChI=1S/C10H20F3N3O/c1-15-4-5-17-9(6-15)7-16(3-2-14)8-10(11,12)13/h9H,2-8,14H2,1H3. The quantitative estimate of drug-likeness (QED) is 0.759. The van der Waals surface area contributed by atoms with E-state index in [2.05, 4.69) is 4.90 Å². The summed E-state index contributed by atoms with van der Waals surface area (Å²) in [6.07, 6.45) is -4.35. The molecule has 17 heavy (non-hydrogen) atoms. The number of likely N-dealkylation sites (N-methyl/N-ethyl adjacent to an activating group) is 1. The summed E-state index contributed by atoms with van der Waals surface area (Å²) in [4.78, 5) is 3.37. The third kappa shape index (κ3) is 6.21. The molecule has 0 bridgehead atoms. The highest BCUT2D eigenvalue weighted by Gasteiger charge is 2.32. The minimum Gasteiger partial charge on any atom is -0.374 e. The van der Waals surface area contributed by atoms with E-state index in [1.54, 1.807) is 0 Å². The number of rotatable bonds is 5. The van der Waals surface area contributed by atoms with Gasteiger partial charge in [0.25, 0.3) is 0 Å². The summed E-state index contributed by atoms with van der Waals surface area (Å²) in [6, 6.07) is 0. The summed E-state index contributed by atoms with van der Waals surface area (Å²) in [7, 11) is 1.94. The van der Waals surface area contributed by atoms with Crippen LogP contribution in [-0.2, 0) is 4.74 Å². The monoisotopic (exact) mass is 255 g/mol. The van der Waals surface area contributed by atoms with Crippen molar-refractivity contribution in [2.75, 3.05) is 52.9 Å². The summed E-state index contributed by atoms with van der Waals surface area (Å²) in [6.45, 7) is 1.88. The maximum atomic E-state index is 12.3. The number of halogens is 3. The van der Waals surface area contributed by atoms with E-state index in [0.29, 0.717) is 13.2 Å². The van der Waals surface area contributed by atoms with Crippen molar-refractivity contribution < 1.29 is 17.9 Å². The van der Waals surface area contributed by atoms with Gasteiger partial charge in [-0.1, -0.05) is 0 Å². The highest BCUT2D eigenvalue weighted by molar-refractivity contribution is 4.75. The maximum absolute atomic E-state index is 12.3. The fraction of sp³-hybridized carbons (Fsp3) is 1.00. The Morgan fingerprint density at radius 2 is 2.18 bits per heavy atom. The minimum absolute atomic E-state index is 0.164. The number of nitrogens with two attached hydrogens (primary N) is 1. The molecule has 102 valence electrons. The lowest BCUT2D eigenvalue weighted by Gasteiger charge is -2.34. The van der Waals surface area contributed by atoms with Gasteiger partial charge in [0, 0.05) is 32.7 Å². The first-order chi connectivity index (χ1) is 7.90. The lowest BCUT2D eigenvalue weighted by molar-refractivity contribution is -0.151. The van der Waals surface area contributed by atoms with Gasteiger partial charge in [0.15, 0.2) is 0 Å². The van der Waals surface area contributed by atoms with Crippen molar-refractivity contribution in [3.05, 3.63) is 0 Å². The van der Waals surface area contributed by atoms with Crippen molar-refractivity contribution in [1.29, 1.82) is 0 Å². The average molecular weight is 255 g/mol. The van der Waals surface area contributed by atoms with Gasteiger partial charge in [-0.3, -0.25) is 4.90 Å². The number of hydrogen-bond donors (Lipinski definition) is 1. The van der Waals surface area contributed by atoms with Crippen LogP contribution < -0.4 is 5.73 Å². The van der Waals surface area contributed by atoms with E-state index in [-0.39, 0.29) is 25.7 Å². The molecule has 1 heterocycles. The molecule has 1 unspecified atom stereocenters. The number of morpholine rings is 1. The van der Waals surface area contributed by atoms with Crippen LogP contribution in [0.3, 0.4) is 0 Å². The molecule has 1 saturated heterocycles. The summed E-state index contributed by atoms with van der Waals surface area (Å²) in [5.74, 6) is 0. The fourth-order valence-corrected chi connectivity index (χ4v) is 1.94. The molecule has 1 atom stereocenters. The first-order valence-corrected chi connectivity index (χ1v) is 5.70. The van der Waals surface area contributed by atoms with Gasteiger partial charge < -0.3 is 15.4 Å². The number of alkyl halides is 3. The average Bonchev–Trinajstić information content (AvgIpc) is 2.15. The van der Waals surface area contributed by atoms with Crippen LogP contribution in [-0.4, -0.2) is 75.0 Å². The summed E-state index contributed by atoms with van der Waals surface area (Å²) in [5.41, 5.74) is 5.32. The smallest absolute Gasteiger partial charge is 0.374 e. The second-order valence-electron chi connectivity index (χ2n) is 4.39. The van der Waals surface area contributed by atoms with Crippen molar-refractivity contribution in [3.63, 3.8) is 0 Å². The maximum Gasteiger partial charge on any atom is 0.401 e. The van der Waals surface area contributed by atoms with Gasteiger partial charge in [-0.05, 0) is 7.05 Å². The van der Waals surface area contributed by atoms with Gasteiger partial charge in [0.05, 0.1) is 19.3 Å². The SMILES string of the molecule is CN1CCOC(CN(CCN)CC(F)(F)F)C1. The number of hydrogen-bond acceptors (Lipinski definition) is 4. The Morgan fingerprint density at radius 1 is 1.47 bits per heavy atom. The lowest BCUT2D eigenvalue weighted by atomic mass is 10.2. The first-order valence-electron chi connectivity index (χ1n) is 5.70. The Labute approximate surface area is 99.5 Å². The molecule has 1 rings (SSSR count). The molecule has 7 heteroatoms. The van der Waals surface area contributed by atoms with Crippen LogP contribution in [0.15, 0.2) is 0 Å². The van der Waals surface area contributed by atoms with Gasteiger partial charge in [-0.2, -0.15) is 13.2 Å². The van der Waals surface area contributed by atoms with E-state index >= 15 is 0 Å². The Bertz CT molecular complexity index is 225. The molecule has 0 radical (unpaired) electrons. The second kappa shape index (κ2) is 6.53. The normalized spacial score (nSPS) is 23.3. The predicted octanol–water partition coefficient (Wildman–Crippen LogP) is 0.140. The minimum atomic E-state index is -4.18. The highest BCUT2D eigenvalue weighted by atomic mass is 19.4. The van der Waals surface area contributed by atoms with E-state index in [4.69, 9.17) is 10.5 Å². The molecular weight excluding hydrogens is 235 g/mol. The first kappa shape index (κ1) is 14.7. The van der Waals surface area contributed by atoms with Crippen LogP contribution in [0.25, 0.3) is 0 Å². The molecule has 0 amide bonds. The molecular formula is C10H20F3N3O. The summed E-state index contributed by atoms with van der Waals surface area (Å²) >= 11 is 0. The Morgan fingerprint density at radius 3 is 2.71 bits per heavy atom. The molecule has 2 N–H and O–H groups in total. The van der Waals surface area contributed by atoms with Crippen LogP contribution in [0.5, 0.6) is 0 Å². The van der Waals surface area contributed by atoms with E-state index < -0.39 is 12.7 Å². The van der Waals surface area contributed by atoms with E-state index in [1.165, 1.54) is 4.90 Å². The zero-order chi connectivity index (χ0) is 12.9. The van der Waals surface area contributed by atoms with Crippen LogP contribution in [0.4, 0.5) is 13.2 Å². The molecule has 1 aliphatic heterocycles. The van der Waals surface area contributed by atoms with Crippen LogP contribution in [0.2, 0.25) is 0 Å². The zero-order valence-corrected chi connectivity index (χ0v) is 10.0. The second-order valence-corrected chi connectivity index (χ2v) is 4.39. The molecule has 1 fully saturated rings. The Balaban J connectivity index is 2.42. The molecule has 0 aliphatic carbocycles. The van der Waals surface area contributed by atoms with Crippen LogP contribution >= 0.6 is 0 Å². The topological polar surface area (TPSA) is 41.7 Å².